The molecule has 8 rings (SSSR count). The van der Waals surface area contributed by atoms with Gasteiger partial charge in [-0.25, -0.2) is 0 Å². The zero-order chi connectivity index (χ0) is 28.6. The number of anilines is 5. The molecule has 0 aliphatic heterocycles. The zero-order valence-electron chi connectivity index (χ0n) is 23.7. The molecule has 1 aromatic heterocycles. The summed E-state index contributed by atoms with van der Waals surface area (Å²) < 4.78 is 6.75. The standard InChI is InChI=1S/C40H30N2O/c1-5-15-29(16-6-1)41(30-17-7-2-8-18-30)33-25-26-36-38(27-33)43-39-28-37(34-23-13-14-24-35(34)40(36)39)42(31-19-9-3-10-20-31)32-21-11-4-12-22-32/h1-3,5-11,13-28H,4,12H2. The van der Waals surface area contributed by atoms with Crippen LogP contribution in [-0.4, -0.2) is 0 Å². The average Bonchev–Trinajstić information content (AvgIpc) is 3.45. The molecule has 1 heterocycles. The summed E-state index contributed by atoms with van der Waals surface area (Å²) >= 11 is 0. The van der Waals surface area contributed by atoms with Gasteiger partial charge in [0.05, 0.1) is 5.69 Å². The van der Waals surface area contributed by atoms with Crippen molar-refractivity contribution in [1.29, 1.82) is 0 Å². The van der Waals surface area contributed by atoms with Gasteiger partial charge in [0.25, 0.3) is 0 Å². The SMILES string of the molecule is C1=CC(N(c2ccccc2)c2cc3oc4cc(N(c5ccccc5)c5ccccc5)ccc4c3c3ccccc23)=CCC1. The van der Waals surface area contributed by atoms with Gasteiger partial charge in [0.15, 0.2) is 0 Å². The van der Waals surface area contributed by atoms with Crippen molar-refractivity contribution in [1.82, 2.24) is 0 Å². The van der Waals surface area contributed by atoms with E-state index in [4.69, 9.17) is 4.42 Å². The Kier molecular flexibility index (Phi) is 6.27. The van der Waals surface area contributed by atoms with Crippen molar-refractivity contribution in [2.75, 3.05) is 9.80 Å². The second-order valence-corrected chi connectivity index (χ2v) is 10.9. The Morgan fingerprint density at radius 3 is 1.70 bits per heavy atom. The van der Waals surface area contributed by atoms with Gasteiger partial charge in [-0.15, -0.1) is 0 Å². The van der Waals surface area contributed by atoms with Crippen LogP contribution in [0.2, 0.25) is 0 Å². The number of fused-ring (bicyclic) bond motifs is 5. The summed E-state index contributed by atoms with van der Waals surface area (Å²) in [5, 5.41) is 4.64. The van der Waals surface area contributed by atoms with Crippen LogP contribution in [0.4, 0.5) is 28.4 Å². The molecule has 3 nitrogen and oxygen atoms in total. The molecule has 0 atom stereocenters. The Hall–Kier alpha value is -5.54. The van der Waals surface area contributed by atoms with Gasteiger partial charge in [0.1, 0.15) is 11.2 Å². The Morgan fingerprint density at radius 2 is 1.07 bits per heavy atom. The molecule has 0 radical (unpaired) electrons. The number of allylic oxidation sites excluding steroid dienone is 3. The highest BCUT2D eigenvalue weighted by atomic mass is 16.3. The minimum absolute atomic E-state index is 0.870. The normalized spacial score (nSPS) is 13.0. The third-order valence-electron chi connectivity index (χ3n) is 8.22. The fourth-order valence-electron chi connectivity index (χ4n) is 6.31. The predicted octanol–water partition coefficient (Wildman–Crippen LogP) is 11.6. The maximum atomic E-state index is 6.75. The molecule has 3 heteroatoms. The summed E-state index contributed by atoms with van der Waals surface area (Å²) in [5.41, 5.74) is 8.43. The van der Waals surface area contributed by atoms with Gasteiger partial charge in [-0.2, -0.15) is 0 Å². The molecular weight excluding hydrogens is 524 g/mol. The van der Waals surface area contributed by atoms with E-state index in [9.17, 15) is 0 Å². The molecule has 0 fully saturated rings. The van der Waals surface area contributed by atoms with Crippen LogP contribution in [0.25, 0.3) is 32.7 Å². The van der Waals surface area contributed by atoms with Crippen molar-refractivity contribution in [2.45, 2.75) is 12.8 Å². The highest BCUT2D eigenvalue weighted by Crippen LogP contribution is 2.45. The van der Waals surface area contributed by atoms with Crippen molar-refractivity contribution < 1.29 is 4.42 Å². The minimum Gasteiger partial charge on any atom is -0.456 e. The van der Waals surface area contributed by atoms with Gasteiger partial charge in [-0.05, 0) is 72.8 Å². The van der Waals surface area contributed by atoms with Crippen LogP contribution in [0.1, 0.15) is 12.8 Å². The maximum absolute atomic E-state index is 6.75. The first kappa shape index (κ1) is 25.2. The van der Waals surface area contributed by atoms with E-state index in [1.54, 1.807) is 0 Å². The largest absolute Gasteiger partial charge is 0.456 e. The molecule has 0 spiro atoms. The monoisotopic (exact) mass is 554 g/mol. The summed E-state index contributed by atoms with van der Waals surface area (Å²) in [6, 6.07) is 49.1. The van der Waals surface area contributed by atoms with E-state index in [0.717, 1.165) is 63.2 Å². The fourth-order valence-corrected chi connectivity index (χ4v) is 6.31. The molecule has 0 saturated carbocycles. The first-order chi connectivity index (χ1) is 21.3. The van der Waals surface area contributed by atoms with Crippen LogP contribution in [0.3, 0.4) is 0 Å². The van der Waals surface area contributed by atoms with Crippen molar-refractivity contribution in [3.63, 3.8) is 0 Å². The topological polar surface area (TPSA) is 19.6 Å². The van der Waals surface area contributed by atoms with Crippen LogP contribution in [0.15, 0.2) is 168 Å². The Labute approximate surface area is 251 Å². The number of para-hydroxylation sites is 3. The molecular formula is C40H30N2O. The maximum Gasteiger partial charge on any atom is 0.138 e. The zero-order valence-corrected chi connectivity index (χ0v) is 23.7. The van der Waals surface area contributed by atoms with Crippen LogP contribution in [0, 0.1) is 0 Å². The quantitative estimate of drug-likeness (QED) is 0.204. The number of furan rings is 1. The minimum atomic E-state index is 0.870. The van der Waals surface area contributed by atoms with Crippen molar-refractivity contribution in [3.8, 4) is 0 Å². The van der Waals surface area contributed by atoms with E-state index in [2.05, 4.69) is 168 Å². The smallest absolute Gasteiger partial charge is 0.138 e. The second kappa shape index (κ2) is 10.7. The van der Waals surface area contributed by atoms with Crippen LogP contribution >= 0.6 is 0 Å². The molecule has 0 saturated heterocycles. The summed E-state index contributed by atoms with van der Waals surface area (Å²) in [5.74, 6) is 0. The van der Waals surface area contributed by atoms with E-state index in [1.807, 2.05) is 0 Å². The molecule has 7 aromatic rings. The number of benzene rings is 6. The van der Waals surface area contributed by atoms with E-state index in [-0.39, 0.29) is 0 Å². The lowest BCUT2D eigenvalue weighted by molar-refractivity contribution is 0.669. The lowest BCUT2D eigenvalue weighted by atomic mass is 10.00. The third kappa shape index (κ3) is 4.47. The highest BCUT2D eigenvalue weighted by Gasteiger charge is 2.22. The van der Waals surface area contributed by atoms with E-state index in [1.165, 1.54) is 16.5 Å². The molecule has 0 unspecified atom stereocenters. The predicted molar refractivity (Wildman–Crippen MR) is 181 cm³/mol. The molecule has 206 valence electrons. The molecule has 43 heavy (non-hydrogen) atoms. The molecule has 1 aliphatic carbocycles. The van der Waals surface area contributed by atoms with Gasteiger partial charge in [0, 0.05) is 56.7 Å². The Balaban J connectivity index is 1.35. The second-order valence-electron chi connectivity index (χ2n) is 10.9. The van der Waals surface area contributed by atoms with Gasteiger partial charge in [-0.1, -0.05) is 91.0 Å². The van der Waals surface area contributed by atoms with Gasteiger partial charge in [-0.3, -0.25) is 0 Å². The van der Waals surface area contributed by atoms with Crippen molar-refractivity contribution in [3.05, 3.63) is 163 Å². The molecule has 0 bridgehead atoms. The number of nitrogens with zero attached hydrogens (tertiary/aromatic N) is 2. The van der Waals surface area contributed by atoms with Gasteiger partial charge >= 0.3 is 0 Å². The van der Waals surface area contributed by atoms with Gasteiger partial charge < -0.3 is 14.2 Å². The van der Waals surface area contributed by atoms with Crippen LogP contribution < -0.4 is 9.80 Å². The van der Waals surface area contributed by atoms with Crippen molar-refractivity contribution >= 4 is 61.1 Å². The van der Waals surface area contributed by atoms with Crippen LogP contribution in [0.5, 0.6) is 0 Å². The molecule has 1 aliphatic rings. The Bertz CT molecular complexity index is 2090. The van der Waals surface area contributed by atoms with Crippen LogP contribution in [-0.2, 0) is 0 Å². The number of hydrogen-bond donors (Lipinski definition) is 0. The number of hydrogen-bond acceptors (Lipinski definition) is 3. The number of rotatable bonds is 6. The summed E-state index contributed by atoms with van der Waals surface area (Å²) in [6.45, 7) is 0. The van der Waals surface area contributed by atoms with Gasteiger partial charge in [0.2, 0.25) is 0 Å². The summed E-state index contributed by atoms with van der Waals surface area (Å²) in [4.78, 5) is 4.64. The Morgan fingerprint density at radius 1 is 0.465 bits per heavy atom. The van der Waals surface area contributed by atoms with Crippen molar-refractivity contribution in [2.24, 2.45) is 0 Å². The molecule has 0 N–H and O–H groups in total. The van der Waals surface area contributed by atoms with E-state index >= 15 is 0 Å². The lowest BCUT2D eigenvalue weighted by Gasteiger charge is -2.29. The third-order valence-corrected chi connectivity index (χ3v) is 8.22. The first-order valence-corrected chi connectivity index (χ1v) is 14.9. The lowest BCUT2D eigenvalue weighted by Crippen LogP contribution is -2.16. The van der Waals surface area contributed by atoms with E-state index < -0.39 is 0 Å². The molecule has 6 aromatic carbocycles. The average molecular weight is 555 g/mol. The fraction of sp³-hybridized carbons (Fsp3) is 0.0500. The summed E-state index contributed by atoms with van der Waals surface area (Å²) in [7, 11) is 0. The summed E-state index contributed by atoms with van der Waals surface area (Å²) in [6.07, 6.45) is 8.93. The van der Waals surface area contributed by atoms with E-state index in [0.29, 0.717) is 0 Å². The highest BCUT2D eigenvalue weighted by molar-refractivity contribution is 6.22. The molecule has 0 amide bonds. The first-order valence-electron chi connectivity index (χ1n) is 14.9.